The molecule has 3 aromatic rings. The number of methoxy groups -OCH3 is 1. The normalized spacial score (nSPS) is 15.0. The minimum Gasteiger partial charge on any atom is -0.493 e. The van der Waals surface area contributed by atoms with Gasteiger partial charge >= 0.3 is 0 Å². The number of aromatic nitrogens is 3. The van der Waals surface area contributed by atoms with Gasteiger partial charge < -0.3 is 14.8 Å². The van der Waals surface area contributed by atoms with E-state index in [9.17, 15) is 4.79 Å². The van der Waals surface area contributed by atoms with Crippen LogP contribution in [0.1, 0.15) is 51.3 Å². The van der Waals surface area contributed by atoms with Gasteiger partial charge in [-0.05, 0) is 71.4 Å². The minimum absolute atomic E-state index is 0.0474. The number of anilines is 1. The zero-order valence-corrected chi connectivity index (χ0v) is 24.6. The summed E-state index contributed by atoms with van der Waals surface area (Å²) in [6.45, 7) is 8.34. The molecule has 0 saturated carbocycles. The number of nitrogens with zero attached hydrogens (tertiary/aromatic N) is 3. The molecule has 1 unspecified atom stereocenters. The van der Waals surface area contributed by atoms with Crippen molar-refractivity contribution in [3.8, 4) is 11.5 Å². The van der Waals surface area contributed by atoms with Crippen LogP contribution in [-0.4, -0.2) is 34.3 Å². The Morgan fingerprint density at radius 3 is 2.73 bits per heavy atom. The molecule has 2 aromatic carbocycles. The Labute approximate surface area is 235 Å². The van der Waals surface area contributed by atoms with Gasteiger partial charge in [-0.25, -0.2) is 4.68 Å². The maximum atomic E-state index is 12.8. The molecule has 0 aliphatic carbocycles. The van der Waals surface area contributed by atoms with Gasteiger partial charge in [-0.2, -0.15) is 4.98 Å². The molecule has 1 N–H and O–H groups in total. The molecular weight excluding hydrogens is 576 g/mol. The Morgan fingerprint density at radius 1 is 1.30 bits per heavy atom. The lowest BCUT2D eigenvalue weighted by atomic mass is 9.93. The Morgan fingerprint density at radius 2 is 2.05 bits per heavy atom. The van der Waals surface area contributed by atoms with E-state index in [0.29, 0.717) is 51.5 Å². The Bertz CT molecular complexity index is 1340. The first-order valence-electron chi connectivity index (χ1n) is 12.0. The summed E-state index contributed by atoms with van der Waals surface area (Å²) >= 11 is 11.5. The highest BCUT2D eigenvalue weighted by Crippen LogP contribution is 2.43. The minimum atomic E-state index is -0.481. The number of benzene rings is 2. The number of ether oxygens (including phenoxy) is 2. The Balaban J connectivity index is 1.70. The van der Waals surface area contributed by atoms with Crippen LogP contribution < -0.4 is 14.8 Å². The largest absolute Gasteiger partial charge is 0.493 e. The zero-order chi connectivity index (χ0) is 26.7. The van der Waals surface area contributed by atoms with Crippen LogP contribution in [0.5, 0.6) is 11.5 Å². The zero-order valence-electron chi connectivity index (χ0n) is 21.5. The molecule has 0 radical (unpaired) electrons. The summed E-state index contributed by atoms with van der Waals surface area (Å²) in [5, 5.41) is 9.34. The number of rotatable bonds is 10. The number of Topliss-reactive ketones (excluding diaryl/α,β-unsaturated/α-hetero) is 1. The number of ketones is 1. The number of carbonyl (C=O) groups is 1. The van der Waals surface area contributed by atoms with Gasteiger partial charge in [0.1, 0.15) is 6.04 Å². The third-order valence-corrected chi connectivity index (χ3v) is 7.88. The summed E-state index contributed by atoms with van der Waals surface area (Å²) in [7, 11) is 1.61. The second kappa shape index (κ2) is 11.9. The summed E-state index contributed by atoms with van der Waals surface area (Å²) in [5.74, 6) is 2.90. The second-order valence-corrected chi connectivity index (χ2v) is 11.4. The quantitative estimate of drug-likeness (QED) is 0.243. The predicted octanol–water partition coefficient (Wildman–Crippen LogP) is 7.30. The van der Waals surface area contributed by atoms with Crippen molar-refractivity contribution in [2.45, 2.75) is 51.1 Å². The van der Waals surface area contributed by atoms with E-state index in [1.54, 1.807) is 18.7 Å². The summed E-state index contributed by atoms with van der Waals surface area (Å²) in [4.78, 5) is 17.5. The topological polar surface area (TPSA) is 78.3 Å². The molecule has 0 spiro atoms. The second-order valence-electron chi connectivity index (χ2n) is 9.23. The molecule has 7 nitrogen and oxygen atoms in total. The van der Waals surface area contributed by atoms with Crippen molar-refractivity contribution < 1.29 is 14.3 Å². The number of halogens is 2. The number of fused-ring (bicyclic) bond motifs is 1. The van der Waals surface area contributed by atoms with Gasteiger partial charge in [-0.15, -0.1) is 5.10 Å². The average molecular weight is 606 g/mol. The molecule has 2 heterocycles. The molecule has 1 aliphatic heterocycles. The number of thioether (sulfide) groups is 1. The van der Waals surface area contributed by atoms with E-state index in [2.05, 4.69) is 35.1 Å². The fourth-order valence-electron chi connectivity index (χ4n) is 4.15. The van der Waals surface area contributed by atoms with Crippen molar-refractivity contribution >= 4 is 51.0 Å². The van der Waals surface area contributed by atoms with Crippen molar-refractivity contribution in [3.63, 3.8) is 0 Å². The Kier molecular flexibility index (Phi) is 8.87. The van der Waals surface area contributed by atoms with Crippen molar-refractivity contribution in [3.05, 3.63) is 68.3 Å². The molecule has 10 heteroatoms. The molecule has 4 rings (SSSR count). The predicted molar refractivity (Wildman–Crippen MR) is 152 cm³/mol. The van der Waals surface area contributed by atoms with Crippen molar-refractivity contribution in [2.75, 3.05) is 19.0 Å². The summed E-state index contributed by atoms with van der Waals surface area (Å²) in [6, 6.07) is 11.1. The molecule has 0 saturated heterocycles. The first kappa shape index (κ1) is 27.5. The van der Waals surface area contributed by atoms with Crippen LogP contribution in [0.25, 0.3) is 0 Å². The fourth-order valence-corrected chi connectivity index (χ4v) is 5.84. The molecule has 1 aliphatic rings. The van der Waals surface area contributed by atoms with Gasteiger partial charge in [0, 0.05) is 22.0 Å². The molecule has 0 bridgehead atoms. The first-order valence-corrected chi connectivity index (χ1v) is 14.2. The third-order valence-electron chi connectivity index (χ3n) is 6.04. The average Bonchev–Trinajstić information content (AvgIpc) is 3.25. The van der Waals surface area contributed by atoms with Crippen LogP contribution in [0.4, 0.5) is 5.95 Å². The fraction of sp³-hybridized carbons (Fsp3) is 0.370. The van der Waals surface area contributed by atoms with E-state index in [1.807, 2.05) is 43.3 Å². The molecule has 1 aromatic heterocycles. The van der Waals surface area contributed by atoms with E-state index >= 15 is 0 Å². The SMILES string of the molecule is COc1cc(C2C(C(C)=O)=C(C)Nc3nc(SCc4ccccc4Cl)nn32)cc(Br)c1OCCC(C)C. The monoisotopic (exact) mass is 604 g/mol. The van der Waals surface area contributed by atoms with E-state index < -0.39 is 6.04 Å². The van der Waals surface area contributed by atoms with Gasteiger partial charge in [0.2, 0.25) is 11.1 Å². The van der Waals surface area contributed by atoms with E-state index in [-0.39, 0.29) is 5.78 Å². The number of hydrogen-bond donors (Lipinski definition) is 1. The van der Waals surface area contributed by atoms with Crippen LogP contribution in [-0.2, 0) is 10.5 Å². The van der Waals surface area contributed by atoms with Crippen molar-refractivity contribution in [1.29, 1.82) is 0 Å². The van der Waals surface area contributed by atoms with Gasteiger partial charge in [0.15, 0.2) is 17.3 Å². The standard InChI is InChI=1S/C27H30BrClN4O3S/c1-15(2)10-11-36-25-20(28)12-19(13-22(25)35-5)24-23(17(4)34)16(3)30-26-31-27(32-33(24)26)37-14-18-8-6-7-9-21(18)29/h6-9,12-13,15,24H,10-11,14H2,1-5H3,(H,30,31,32). The highest BCUT2D eigenvalue weighted by atomic mass is 79.9. The molecule has 1 atom stereocenters. The highest BCUT2D eigenvalue weighted by Gasteiger charge is 2.34. The lowest BCUT2D eigenvalue weighted by molar-refractivity contribution is -0.114. The van der Waals surface area contributed by atoms with Crippen LogP contribution in [0.2, 0.25) is 5.02 Å². The van der Waals surface area contributed by atoms with E-state index in [1.165, 1.54) is 11.8 Å². The van der Waals surface area contributed by atoms with Crippen LogP contribution in [0, 0.1) is 5.92 Å². The van der Waals surface area contributed by atoms with E-state index in [0.717, 1.165) is 27.7 Å². The Hall–Kier alpha value is -2.49. The van der Waals surface area contributed by atoms with Gasteiger partial charge in [0.25, 0.3) is 0 Å². The third kappa shape index (κ3) is 6.16. The lowest BCUT2D eigenvalue weighted by Crippen LogP contribution is -2.28. The van der Waals surface area contributed by atoms with Crippen LogP contribution in [0.3, 0.4) is 0 Å². The highest BCUT2D eigenvalue weighted by molar-refractivity contribution is 9.10. The van der Waals surface area contributed by atoms with Gasteiger partial charge in [-0.3, -0.25) is 4.79 Å². The summed E-state index contributed by atoms with van der Waals surface area (Å²) in [5.41, 5.74) is 3.20. The first-order chi connectivity index (χ1) is 17.7. The lowest BCUT2D eigenvalue weighted by Gasteiger charge is -2.28. The summed E-state index contributed by atoms with van der Waals surface area (Å²) in [6.07, 6.45) is 0.930. The van der Waals surface area contributed by atoms with Crippen LogP contribution >= 0.6 is 39.3 Å². The maximum absolute atomic E-state index is 12.8. The number of allylic oxidation sites excluding steroid dienone is 2. The molecule has 37 heavy (non-hydrogen) atoms. The smallest absolute Gasteiger partial charge is 0.227 e. The van der Waals surface area contributed by atoms with E-state index in [4.69, 9.17) is 31.2 Å². The molecule has 0 amide bonds. The number of nitrogens with one attached hydrogen (secondary N) is 1. The molecule has 196 valence electrons. The van der Waals surface area contributed by atoms with Crippen molar-refractivity contribution in [1.82, 2.24) is 14.8 Å². The molecular formula is C27H30BrClN4O3S. The van der Waals surface area contributed by atoms with Gasteiger partial charge in [0.05, 0.1) is 18.2 Å². The molecule has 0 fully saturated rings. The number of carbonyl (C=O) groups excluding carboxylic acids is 1. The van der Waals surface area contributed by atoms with Gasteiger partial charge in [-0.1, -0.05) is 55.4 Å². The van der Waals surface area contributed by atoms with Crippen molar-refractivity contribution in [2.24, 2.45) is 5.92 Å². The summed E-state index contributed by atoms with van der Waals surface area (Å²) < 4.78 is 14.3. The number of hydrogen-bond acceptors (Lipinski definition) is 7. The van der Waals surface area contributed by atoms with Crippen LogP contribution in [0.15, 0.2) is 57.3 Å². The maximum Gasteiger partial charge on any atom is 0.227 e.